The highest BCUT2D eigenvalue weighted by atomic mass is 16.5. The van der Waals surface area contributed by atoms with E-state index in [1.807, 2.05) is 24.3 Å². The lowest BCUT2D eigenvalue weighted by Gasteiger charge is -2.26. The zero-order valence-electron chi connectivity index (χ0n) is 11.5. The number of amides is 1. The van der Waals surface area contributed by atoms with Crippen molar-refractivity contribution in [3.63, 3.8) is 0 Å². The molecular formula is C15H20N2O3. The number of ether oxygens (including phenoxy) is 2. The van der Waals surface area contributed by atoms with Gasteiger partial charge in [0, 0.05) is 25.7 Å². The monoisotopic (exact) mass is 276 g/mol. The van der Waals surface area contributed by atoms with Crippen LogP contribution in [0.15, 0.2) is 30.3 Å². The Kier molecular flexibility index (Phi) is 5.58. The van der Waals surface area contributed by atoms with E-state index < -0.39 is 5.91 Å². The third-order valence-electron chi connectivity index (χ3n) is 3.10. The van der Waals surface area contributed by atoms with Crippen LogP contribution < -0.4 is 10.5 Å². The Morgan fingerprint density at radius 1 is 1.30 bits per heavy atom. The molecule has 1 aliphatic rings. The van der Waals surface area contributed by atoms with E-state index in [0.717, 1.165) is 44.2 Å². The van der Waals surface area contributed by atoms with Gasteiger partial charge in [-0.05, 0) is 23.8 Å². The summed E-state index contributed by atoms with van der Waals surface area (Å²) in [6.45, 7) is 5.13. The lowest BCUT2D eigenvalue weighted by atomic mass is 10.2. The van der Waals surface area contributed by atoms with Gasteiger partial charge in [-0.25, -0.2) is 0 Å². The summed E-state index contributed by atoms with van der Waals surface area (Å²) >= 11 is 0. The van der Waals surface area contributed by atoms with Crippen molar-refractivity contribution in [2.45, 2.75) is 0 Å². The van der Waals surface area contributed by atoms with Crippen molar-refractivity contribution in [2.24, 2.45) is 5.73 Å². The molecule has 2 N–H and O–H groups in total. The number of morpholine rings is 1. The van der Waals surface area contributed by atoms with Crippen LogP contribution in [0.3, 0.4) is 0 Å². The van der Waals surface area contributed by atoms with Crippen molar-refractivity contribution < 1.29 is 14.3 Å². The van der Waals surface area contributed by atoms with Gasteiger partial charge in [-0.1, -0.05) is 12.1 Å². The van der Waals surface area contributed by atoms with Crippen LogP contribution in [0.25, 0.3) is 6.08 Å². The molecule has 5 heteroatoms. The molecule has 1 heterocycles. The molecule has 5 nitrogen and oxygen atoms in total. The Labute approximate surface area is 119 Å². The number of nitrogens with two attached hydrogens (primary N) is 1. The fraction of sp³-hybridized carbons (Fsp3) is 0.400. The van der Waals surface area contributed by atoms with Crippen molar-refractivity contribution in [2.75, 3.05) is 39.5 Å². The molecule has 0 spiro atoms. The summed E-state index contributed by atoms with van der Waals surface area (Å²) in [5.41, 5.74) is 5.96. The third-order valence-corrected chi connectivity index (χ3v) is 3.10. The SMILES string of the molecule is NC(=O)/C=C\c1ccc(OCCN2CCOCC2)cc1. The van der Waals surface area contributed by atoms with E-state index >= 15 is 0 Å². The van der Waals surface area contributed by atoms with Crippen LogP contribution in [-0.2, 0) is 9.53 Å². The molecule has 1 amide bonds. The smallest absolute Gasteiger partial charge is 0.241 e. The zero-order valence-corrected chi connectivity index (χ0v) is 11.5. The van der Waals surface area contributed by atoms with Gasteiger partial charge >= 0.3 is 0 Å². The number of benzene rings is 1. The molecule has 0 unspecified atom stereocenters. The van der Waals surface area contributed by atoms with E-state index in [1.54, 1.807) is 6.08 Å². The van der Waals surface area contributed by atoms with Gasteiger partial charge in [-0.2, -0.15) is 0 Å². The Morgan fingerprint density at radius 2 is 2.00 bits per heavy atom. The minimum Gasteiger partial charge on any atom is -0.492 e. The highest BCUT2D eigenvalue weighted by molar-refractivity contribution is 5.90. The Morgan fingerprint density at radius 3 is 2.65 bits per heavy atom. The number of hydrogen-bond acceptors (Lipinski definition) is 4. The molecule has 0 bridgehead atoms. The van der Waals surface area contributed by atoms with Crippen LogP contribution in [0, 0.1) is 0 Å². The predicted molar refractivity (Wildman–Crippen MR) is 77.4 cm³/mol. The Balaban J connectivity index is 1.74. The number of rotatable bonds is 6. The van der Waals surface area contributed by atoms with E-state index in [2.05, 4.69) is 4.90 Å². The van der Waals surface area contributed by atoms with Gasteiger partial charge in [-0.15, -0.1) is 0 Å². The minimum absolute atomic E-state index is 0.448. The highest BCUT2D eigenvalue weighted by Crippen LogP contribution is 2.13. The molecular weight excluding hydrogens is 256 g/mol. The topological polar surface area (TPSA) is 64.8 Å². The van der Waals surface area contributed by atoms with Gasteiger partial charge in [0.1, 0.15) is 12.4 Å². The average Bonchev–Trinajstić information content (AvgIpc) is 2.47. The number of primary amides is 1. The number of carbonyl (C=O) groups excluding carboxylic acids is 1. The van der Waals surface area contributed by atoms with Gasteiger partial charge in [0.05, 0.1) is 13.2 Å². The molecule has 1 aromatic rings. The summed E-state index contributed by atoms with van der Waals surface area (Å²) < 4.78 is 11.0. The molecule has 0 aromatic heterocycles. The van der Waals surface area contributed by atoms with Crippen molar-refractivity contribution >= 4 is 12.0 Å². The fourth-order valence-corrected chi connectivity index (χ4v) is 1.97. The van der Waals surface area contributed by atoms with Crippen molar-refractivity contribution in [3.05, 3.63) is 35.9 Å². The van der Waals surface area contributed by atoms with Crippen LogP contribution in [0.4, 0.5) is 0 Å². The second-order valence-electron chi connectivity index (χ2n) is 4.61. The van der Waals surface area contributed by atoms with Crippen LogP contribution in [0.5, 0.6) is 5.75 Å². The maximum Gasteiger partial charge on any atom is 0.241 e. The van der Waals surface area contributed by atoms with Crippen LogP contribution >= 0.6 is 0 Å². The molecule has 1 saturated heterocycles. The third kappa shape index (κ3) is 5.03. The summed E-state index contributed by atoms with van der Waals surface area (Å²) in [6.07, 6.45) is 3.02. The normalized spacial score (nSPS) is 16.4. The first-order chi connectivity index (χ1) is 9.74. The predicted octanol–water partition coefficient (Wildman–Crippen LogP) is 0.896. The first-order valence-electron chi connectivity index (χ1n) is 6.74. The summed E-state index contributed by atoms with van der Waals surface area (Å²) in [7, 11) is 0. The van der Waals surface area contributed by atoms with E-state index in [1.165, 1.54) is 6.08 Å². The van der Waals surface area contributed by atoms with E-state index in [4.69, 9.17) is 15.2 Å². The summed E-state index contributed by atoms with van der Waals surface area (Å²) in [5, 5.41) is 0. The Bertz CT molecular complexity index is 451. The summed E-state index contributed by atoms with van der Waals surface area (Å²) in [6, 6.07) is 7.56. The molecule has 1 aromatic carbocycles. The molecule has 108 valence electrons. The second kappa shape index (κ2) is 7.67. The molecule has 1 aliphatic heterocycles. The quantitative estimate of drug-likeness (QED) is 0.784. The fourth-order valence-electron chi connectivity index (χ4n) is 1.97. The van der Waals surface area contributed by atoms with Crippen molar-refractivity contribution in [3.8, 4) is 5.75 Å². The van der Waals surface area contributed by atoms with Gasteiger partial charge in [-0.3, -0.25) is 9.69 Å². The van der Waals surface area contributed by atoms with E-state index in [-0.39, 0.29) is 0 Å². The van der Waals surface area contributed by atoms with Crippen LogP contribution in [0.2, 0.25) is 0 Å². The van der Waals surface area contributed by atoms with Gasteiger partial charge in [0.25, 0.3) is 0 Å². The number of carbonyl (C=O) groups is 1. The van der Waals surface area contributed by atoms with Gasteiger partial charge < -0.3 is 15.2 Å². The van der Waals surface area contributed by atoms with E-state index in [0.29, 0.717) is 6.61 Å². The average molecular weight is 276 g/mol. The van der Waals surface area contributed by atoms with Gasteiger partial charge in [0.15, 0.2) is 0 Å². The van der Waals surface area contributed by atoms with Crippen LogP contribution in [0.1, 0.15) is 5.56 Å². The number of nitrogens with zero attached hydrogens (tertiary/aromatic N) is 1. The second-order valence-corrected chi connectivity index (χ2v) is 4.61. The standard InChI is InChI=1S/C15H20N2O3/c16-15(18)6-3-13-1-4-14(5-2-13)20-12-9-17-7-10-19-11-8-17/h1-6H,7-12H2,(H2,16,18)/b6-3-. The molecule has 0 radical (unpaired) electrons. The zero-order chi connectivity index (χ0) is 14.2. The largest absolute Gasteiger partial charge is 0.492 e. The maximum atomic E-state index is 10.6. The first kappa shape index (κ1) is 14.6. The highest BCUT2D eigenvalue weighted by Gasteiger charge is 2.09. The summed E-state index contributed by atoms with van der Waals surface area (Å²) in [4.78, 5) is 13.0. The van der Waals surface area contributed by atoms with Gasteiger partial charge in [0.2, 0.25) is 5.91 Å². The van der Waals surface area contributed by atoms with Crippen molar-refractivity contribution in [1.82, 2.24) is 4.90 Å². The molecule has 0 saturated carbocycles. The molecule has 1 fully saturated rings. The Hall–Kier alpha value is -1.85. The molecule has 0 atom stereocenters. The minimum atomic E-state index is -0.448. The first-order valence-corrected chi connectivity index (χ1v) is 6.74. The molecule has 20 heavy (non-hydrogen) atoms. The lowest BCUT2D eigenvalue weighted by Crippen LogP contribution is -2.38. The van der Waals surface area contributed by atoms with E-state index in [9.17, 15) is 4.79 Å². The maximum absolute atomic E-state index is 10.6. The lowest BCUT2D eigenvalue weighted by molar-refractivity contribution is -0.113. The molecule has 0 aliphatic carbocycles. The van der Waals surface area contributed by atoms with Crippen molar-refractivity contribution in [1.29, 1.82) is 0 Å². The molecule has 2 rings (SSSR count). The van der Waals surface area contributed by atoms with Crippen LogP contribution in [-0.4, -0.2) is 50.3 Å². The summed E-state index contributed by atoms with van der Waals surface area (Å²) in [5.74, 6) is 0.380. The number of hydrogen-bond donors (Lipinski definition) is 1.